The van der Waals surface area contributed by atoms with E-state index >= 15 is 0 Å². The van der Waals surface area contributed by atoms with E-state index in [9.17, 15) is 0 Å². The Hall–Kier alpha value is -4.82. The second kappa shape index (κ2) is 9.57. The van der Waals surface area contributed by atoms with Crippen molar-refractivity contribution in [2.24, 2.45) is 0 Å². The Kier molecular flexibility index (Phi) is 5.64. The summed E-state index contributed by atoms with van der Waals surface area (Å²) in [5.41, 5.74) is 9.44. The molecule has 5 aromatic rings. The lowest BCUT2D eigenvalue weighted by Gasteiger charge is -2.26. The third-order valence-corrected chi connectivity index (χ3v) is 7.42. The molecule has 182 valence electrons. The van der Waals surface area contributed by atoms with E-state index in [0.29, 0.717) is 0 Å². The molecule has 2 nitrogen and oxygen atoms in total. The maximum atomic E-state index is 6.23. The SMILES string of the molecule is C1=CC2Oc3ccc(N(c4ccc(-c5ccccc5)cc4)c4ccc(-c5ccccc5)cc4)cc3C2C=C1. The second-order valence-corrected chi connectivity index (χ2v) is 9.76. The highest BCUT2D eigenvalue weighted by Crippen LogP contribution is 2.45. The molecule has 0 N–H and O–H groups in total. The van der Waals surface area contributed by atoms with Gasteiger partial charge >= 0.3 is 0 Å². The Morgan fingerprint density at radius 2 is 0.974 bits per heavy atom. The second-order valence-electron chi connectivity index (χ2n) is 9.76. The van der Waals surface area contributed by atoms with Crippen molar-refractivity contribution >= 4 is 17.1 Å². The summed E-state index contributed by atoms with van der Waals surface area (Å²) in [5.74, 6) is 1.22. The number of rotatable bonds is 5. The summed E-state index contributed by atoms with van der Waals surface area (Å²) in [7, 11) is 0. The zero-order chi connectivity index (χ0) is 25.3. The minimum atomic E-state index is 0.0778. The van der Waals surface area contributed by atoms with E-state index in [-0.39, 0.29) is 12.0 Å². The minimum Gasteiger partial charge on any atom is -0.485 e. The number of benzene rings is 5. The van der Waals surface area contributed by atoms with Crippen molar-refractivity contribution in [2.75, 3.05) is 4.90 Å². The van der Waals surface area contributed by atoms with Gasteiger partial charge in [-0.1, -0.05) is 103 Å². The third-order valence-electron chi connectivity index (χ3n) is 7.42. The van der Waals surface area contributed by atoms with Crippen LogP contribution in [0.2, 0.25) is 0 Å². The summed E-state index contributed by atoms with van der Waals surface area (Å²) in [4.78, 5) is 2.33. The zero-order valence-electron chi connectivity index (χ0n) is 20.9. The van der Waals surface area contributed by atoms with Crippen LogP contribution in [0.1, 0.15) is 11.5 Å². The normalized spacial score (nSPS) is 16.9. The van der Waals surface area contributed by atoms with E-state index in [4.69, 9.17) is 4.74 Å². The molecule has 0 saturated carbocycles. The van der Waals surface area contributed by atoms with Crippen LogP contribution in [0.5, 0.6) is 5.75 Å². The van der Waals surface area contributed by atoms with E-state index in [0.717, 1.165) is 22.8 Å². The summed E-state index contributed by atoms with van der Waals surface area (Å²) in [5, 5.41) is 0. The van der Waals surface area contributed by atoms with Crippen LogP contribution in [0, 0.1) is 0 Å². The highest BCUT2D eigenvalue weighted by molar-refractivity contribution is 5.80. The number of hydrogen-bond donors (Lipinski definition) is 0. The monoisotopic (exact) mass is 489 g/mol. The number of ether oxygens (including phenoxy) is 1. The Balaban J connectivity index is 1.30. The average Bonchev–Trinajstić information content (AvgIpc) is 3.37. The van der Waals surface area contributed by atoms with Gasteiger partial charge in [0.2, 0.25) is 0 Å². The molecule has 0 aromatic heterocycles. The van der Waals surface area contributed by atoms with Gasteiger partial charge in [-0.25, -0.2) is 0 Å². The average molecular weight is 490 g/mol. The largest absolute Gasteiger partial charge is 0.485 e. The smallest absolute Gasteiger partial charge is 0.128 e. The molecule has 1 heterocycles. The zero-order valence-corrected chi connectivity index (χ0v) is 20.9. The summed E-state index contributed by atoms with van der Waals surface area (Å²) in [6.45, 7) is 0. The fraction of sp³-hybridized carbons (Fsp3) is 0.0556. The molecule has 0 saturated heterocycles. The van der Waals surface area contributed by atoms with Crippen LogP contribution in [0.15, 0.2) is 152 Å². The highest BCUT2D eigenvalue weighted by atomic mass is 16.5. The van der Waals surface area contributed by atoms with Crippen molar-refractivity contribution in [1.29, 1.82) is 0 Å². The predicted molar refractivity (Wildman–Crippen MR) is 157 cm³/mol. The van der Waals surface area contributed by atoms with Gasteiger partial charge in [0, 0.05) is 28.5 Å². The van der Waals surface area contributed by atoms with Crippen LogP contribution in [0.4, 0.5) is 17.1 Å². The molecule has 2 heteroatoms. The first-order valence-corrected chi connectivity index (χ1v) is 13.1. The lowest BCUT2D eigenvalue weighted by atomic mass is 9.91. The number of fused-ring (bicyclic) bond motifs is 3. The van der Waals surface area contributed by atoms with Crippen molar-refractivity contribution in [1.82, 2.24) is 0 Å². The van der Waals surface area contributed by atoms with Crippen LogP contribution < -0.4 is 9.64 Å². The molecule has 0 spiro atoms. The van der Waals surface area contributed by atoms with Gasteiger partial charge in [-0.3, -0.25) is 0 Å². The lowest BCUT2D eigenvalue weighted by Crippen LogP contribution is -2.15. The molecule has 2 unspecified atom stereocenters. The molecule has 38 heavy (non-hydrogen) atoms. The number of allylic oxidation sites excluding steroid dienone is 2. The molecule has 0 amide bonds. The summed E-state index contributed by atoms with van der Waals surface area (Å²) >= 11 is 0. The highest BCUT2D eigenvalue weighted by Gasteiger charge is 2.32. The lowest BCUT2D eigenvalue weighted by molar-refractivity contribution is 0.269. The van der Waals surface area contributed by atoms with Crippen LogP contribution in [-0.4, -0.2) is 6.10 Å². The van der Waals surface area contributed by atoms with Gasteiger partial charge < -0.3 is 9.64 Å². The topological polar surface area (TPSA) is 12.5 Å². The van der Waals surface area contributed by atoms with Crippen LogP contribution in [-0.2, 0) is 0 Å². The molecule has 7 rings (SSSR count). The summed E-state index contributed by atoms with van der Waals surface area (Å²) in [6, 6.07) is 45.3. The van der Waals surface area contributed by atoms with Crippen LogP contribution in [0.3, 0.4) is 0 Å². The predicted octanol–water partition coefficient (Wildman–Crippen LogP) is 9.46. The van der Waals surface area contributed by atoms with E-state index in [2.05, 4.69) is 157 Å². The van der Waals surface area contributed by atoms with Gasteiger partial charge in [0.05, 0.1) is 0 Å². The first kappa shape index (κ1) is 22.4. The van der Waals surface area contributed by atoms with Crippen molar-refractivity contribution in [3.05, 3.63) is 157 Å². The van der Waals surface area contributed by atoms with E-state index in [1.54, 1.807) is 0 Å². The fourth-order valence-electron chi connectivity index (χ4n) is 5.48. The molecule has 0 radical (unpaired) electrons. The van der Waals surface area contributed by atoms with Gasteiger partial charge in [0.1, 0.15) is 11.9 Å². The van der Waals surface area contributed by atoms with Crippen molar-refractivity contribution in [3.63, 3.8) is 0 Å². The number of anilines is 3. The first-order chi connectivity index (χ1) is 18.8. The van der Waals surface area contributed by atoms with Crippen molar-refractivity contribution in [2.45, 2.75) is 12.0 Å². The molecular weight excluding hydrogens is 462 g/mol. The van der Waals surface area contributed by atoms with E-state index in [1.807, 2.05) is 0 Å². The standard InChI is InChI=1S/C36H27NO/c1-3-9-26(10-4-1)28-15-19-30(20-16-28)37(31-21-17-29(18-22-31)27-11-5-2-6-12-27)32-23-24-36-34(25-32)33-13-7-8-14-35(33)38-36/h1-25,33,35H. The fourth-order valence-corrected chi connectivity index (χ4v) is 5.48. The maximum absolute atomic E-state index is 6.23. The Morgan fingerprint density at radius 3 is 1.55 bits per heavy atom. The van der Waals surface area contributed by atoms with Gasteiger partial charge in [0.15, 0.2) is 0 Å². The molecule has 0 fully saturated rings. The van der Waals surface area contributed by atoms with Gasteiger partial charge in [0.25, 0.3) is 0 Å². The molecule has 2 atom stereocenters. The van der Waals surface area contributed by atoms with Gasteiger partial charge in [-0.15, -0.1) is 0 Å². The Morgan fingerprint density at radius 1 is 0.474 bits per heavy atom. The molecule has 5 aromatic carbocycles. The Labute approximate surface area is 223 Å². The Bertz CT molecular complexity index is 1530. The van der Waals surface area contributed by atoms with E-state index < -0.39 is 0 Å². The van der Waals surface area contributed by atoms with Crippen molar-refractivity contribution in [3.8, 4) is 28.0 Å². The molecule has 2 aliphatic rings. The minimum absolute atomic E-state index is 0.0778. The molecule has 0 bridgehead atoms. The summed E-state index contributed by atoms with van der Waals surface area (Å²) in [6.07, 6.45) is 8.66. The van der Waals surface area contributed by atoms with Gasteiger partial charge in [-0.2, -0.15) is 0 Å². The number of nitrogens with zero attached hydrogens (tertiary/aromatic N) is 1. The third kappa shape index (κ3) is 4.10. The van der Waals surface area contributed by atoms with E-state index in [1.165, 1.54) is 27.8 Å². The molecular formula is C36H27NO. The maximum Gasteiger partial charge on any atom is 0.128 e. The number of hydrogen-bond acceptors (Lipinski definition) is 2. The quantitative estimate of drug-likeness (QED) is 0.244. The van der Waals surface area contributed by atoms with Crippen molar-refractivity contribution < 1.29 is 4.74 Å². The molecule has 1 aliphatic carbocycles. The molecule has 1 aliphatic heterocycles. The van der Waals surface area contributed by atoms with Crippen LogP contribution in [0.25, 0.3) is 22.3 Å². The van der Waals surface area contributed by atoms with Gasteiger partial charge in [-0.05, 0) is 70.8 Å². The first-order valence-electron chi connectivity index (χ1n) is 13.1. The summed E-state index contributed by atoms with van der Waals surface area (Å²) < 4.78 is 6.23. The van der Waals surface area contributed by atoms with Crippen LogP contribution >= 0.6 is 0 Å².